The predicted molar refractivity (Wildman–Crippen MR) is 46.9 cm³/mol. The third-order valence-electron chi connectivity index (χ3n) is 1.16. The van der Waals surface area contributed by atoms with E-state index in [1.165, 1.54) is 0 Å². The molecule has 0 bridgehead atoms. The topological polar surface area (TPSA) is 68.1 Å². The molecule has 5 nitrogen and oxygen atoms in total. The van der Waals surface area contributed by atoms with Crippen molar-refractivity contribution in [3.05, 3.63) is 15.5 Å². The minimum Gasteiger partial charge on any atom is -0.274 e. The molecule has 0 aromatic carbocycles. The lowest BCUT2D eigenvalue weighted by atomic mass is 10.4. The van der Waals surface area contributed by atoms with E-state index in [1.54, 1.807) is 4.68 Å². The van der Waals surface area contributed by atoms with Gasteiger partial charge in [0.25, 0.3) is 0 Å². The lowest BCUT2D eigenvalue weighted by molar-refractivity contribution is 0.759. The third-order valence-corrected chi connectivity index (χ3v) is 2.07. The number of halogens is 1. The second-order valence-electron chi connectivity index (χ2n) is 2.02. The summed E-state index contributed by atoms with van der Waals surface area (Å²) in [5, 5.41) is 7.65. The van der Waals surface area contributed by atoms with Crippen LogP contribution in [-0.4, -0.2) is 9.78 Å². The van der Waals surface area contributed by atoms with E-state index in [9.17, 15) is 0 Å². The van der Waals surface area contributed by atoms with Gasteiger partial charge in [0.2, 0.25) is 4.91 Å². The molecule has 0 aliphatic rings. The highest BCUT2D eigenvalue weighted by molar-refractivity contribution is 14.1. The van der Waals surface area contributed by atoms with E-state index in [4.69, 9.17) is 5.53 Å². The number of hydrogen-bond donors (Lipinski definition) is 1. The molecular weight excluding hydrogens is 257 g/mol. The van der Waals surface area contributed by atoms with Gasteiger partial charge < -0.3 is 0 Å². The average molecular weight is 264 g/mol. The van der Waals surface area contributed by atoms with Crippen molar-refractivity contribution < 1.29 is 0 Å². The number of aromatic nitrogens is 2. The Balaban J connectivity index is 2.85. The van der Waals surface area contributed by atoms with E-state index in [-0.39, 0.29) is 0 Å². The third kappa shape index (κ3) is 2.09. The SMILES string of the molecule is Cn1cc(CN=[N+]=N)c(I)n1. The molecule has 0 aliphatic carbocycles. The van der Waals surface area contributed by atoms with Crippen molar-refractivity contribution in [2.45, 2.75) is 6.54 Å². The normalized spacial score (nSPS) is 9.27. The van der Waals surface area contributed by atoms with Crippen LogP contribution in [0.4, 0.5) is 0 Å². The lowest BCUT2D eigenvalue weighted by Gasteiger charge is -1.79. The van der Waals surface area contributed by atoms with Crippen LogP contribution in [0.1, 0.15) is 5.56 Å². The molecule has 0 saturated carbocycles. The van der Waals surface area contributed by atoms with Crippen molar-refractivity contribution in [1.29, 1.82) is 5.53 Å². The summed E-state index contributed by atoms with van der Waals surface area (Å²) in [5.41, 5.74) is 7.46. The van der Waals surface area contributed by atoms with Crippen LogP contribution in [0.15, 0.2) is 11.3 Å². The fourth-order valence-corrected chi connectivity index (χ4v) is 1.38. The maximum atomic E-state index is 6.46. The molecular formula is C5H7IN5+. The lowest BCUT2D eigenvalue weighted by Crippen LogP contribution is -1.85. The number of aryl methyl sites for hydroxylation is 1. The monoisotopic (exact) mass is 264 g/mol. The molecule has 1 aromatic rings. The zero-order chi connectivity index (χ0) is 8.27. The van der Waals surface area contributed by atoms with Crippen LogP contribution < -0.4 is 4.91 Å². The standard InChI is InChI=1S/C5H7IN5/c1-11-3-4(2-8-10-7)5(6)9-11/h3,7H,2H2,1H3/q+1. The number of hydrogen-bond acceptors (Lipinski definition) is 3. The Hall–Kier alpha value is -0.750. The van der Waals surface area contributed by atoms with Gasteiger partial charge in [-0.3, -0.25) is 4.68 Å². The van der Waals surface area contributed by atoms with Crippen LogP contribution in [0, 0.1) is 9.23 Å². The highest BCUT2D eigenvalue weighted by Gasteiger charge is 2.04. The molecule has 0 aliphatic heterocycles. The minimum atomic E-state index is 0.440. The molecule has 58 valence electrons. The first-order chi connectivity index (χ1) is 5.24. The van der Waals surface area contributed by atoms with E-state index in [2.05, 4.69) is 37.7 Å². The molecule has 1 heterocycles. The molecule has 0 amide bonds. The molecule has 6 heteroatoms. The summed E-state index contributed by atoms with van der Waals surface area (Å²) < 4.78 is 2.63. The number of nitrogens with one attached hydrogen (secondary N) is 1. The molecule has 0 unspecified atom stereocenters. The smallest absolute Gasteiger partial charge is 0.214 e. The zero-order valence-corrected chi connectivity index (χ0v) is 8.11. The quantitative estimate of drug-likeness (QED) is 0.484. The summed E-state index contributed by atoms with van der Waals surface area (Å²) in [4.78, 5) is 2.92. The summed E-state index contributed by atoms with van der Waals surface area (Å²) in [7, 11) is 1.85. The second-order valence-corrected chi connectivity index (χ2v) is 3.04. The Morgan fingerprint density at radius 1 is 1.91 bits per heavy atom. The molecule has 1 N–H and O–H groups in total. The predicted octanol–water partition coefficient (Wildman–Crippen LogP) is 1.08. The zero-order valence-electron chi connectivity index (χ0n) is 5.95. The second kappa shape index (κ2) is 3.59. The summed E-state index contributed by atoms with van der Waals surface area (Å²) in [5.74, 6) is 0. The van der Waals surface area contributed by atoms with Crippen LogP contribution in [0.3, 0.4) is 0 Å². The van der Waals surface area contributed by atoms with Crippen molar-refractivity contribution in [3.63, 3.8) is 0 Å². The van der Waals surface area contributed by atoms with E-state index in [0.717, 1.165) is 9.26 Å². The molecule has 0 spiro atoms. The van der Waals surface area contributed by atoms with Gasteiger partial charge >= 0.3 is 0 Å². The van der Waals surface area contributed by atoms with Gasteiger partial charge in [-0.15, -0.1) is 0 Å². The molecule has 0 atom stereocenters. The number of rotatable bonds is 2. The van der Waals surface area contributed by atoms with Crippen LogP contribution in [0.2, 0.25) is 0 Å². The Morgan fingerprint density at radius 2 is 2.64 bits per heavy atom. The molecule has 1 rings (SSSR count). The van der Waals surface area contributed by atoms with Gasteiger partial charge in [-0.2, -0.15) is 5.10 Å². The number of nitrogens with zero attached hydrogens (tertiary/aromatic N) is 4. The Labute approximate surface area is 77.2 Å². The minimum absolute atomic E-state index is 0.440. The highest BCUT2D eigenvalue weighted by Crippen LogP contribution is 2.09. The first kappa shape index (κ1) is 8.35. The largest absolute Gasteiger partial charge is 0.274 e. The summed E-state index contributed by atoms with van der Waals surface area (Å²) in [6, 6.07) is 0. The molecule has 1 aromatic heterocycles. The van der Waals surface area contributed by atoms with E-state index in [0.29, 0.717) is 6.54 Å². The maximum absolute atomic E-state index is 6.46. The van der Waals surface area contributed by atoms with Crippen LogP contribution >= 0.6 is 22.6 Å². The summed E-state index contributed by atoms with van der Waals surface area (Å²) in [6.07, 6.45) is 1.87. The van der Waals surface area contributed by atoms with Gasteiger partial charge in [-0.1, -0.05) is 0 Å². The molecule has 0 radical (unpaired) electrons. The van der Waals surface area contributed by atoms with Crippen molar-refractivity contribution >= 4 is 22.6 Å². The van der Waals surface area contributed by atoms with Gasteiger partial charge in [0, 0.05) is 18.8 Å². The molecule has 0 fully saturated rings. The van der Waals surface area contributed by atoms with E-state index < -0.39 is 0 Å². The van der Waals surface area contributed by atoms with Crippen molar-refractivity contribution in [2.24, 2.45) is 12.2 Å². The van der Waals surface area contributed by atoms with Gasteiger partial charge in [-0.25, -0.2) is 0 Å². The summed E-state index contributed by atoms with van der Waals surface area (Å²) >= 11 is 2.13. The highest BCUT2D eigenvalue weighted by atomic mass is 127. The molecule has 11 heavy (non-hydrogen) atoms. The van der Waals surface area contributed by atoms with Gasteiger partial charge in [0.05, 0.1) is 0 Å². The maximum Gasteiger partial charge on any atom is 0.214 e. The average Bonchev–Trinajstić information content (AvgIpc) is 2.26. The van der Waals surface area contributed by atoms with E-state index >= 15 is 0 Å². The van der Waals surface area contributed by atoms with Gasteiger partial charge in [-0.05, 0) is 22.6 Å². The van der Waals surface area contributed by atoms with Crippen molar-refractivity contribution in [1.82, 2.24) is 14.7 Å². The van der Waals surface area contributed by atoms with Crippen molar-refractivity contribution in [2.75, 3.05) is 0 Å². The van der Waals surface area contributed by atoms with Gasteiger partial charge in [0.1, 0.15) is 14.3 Å². The fraction of sp³-hybridized carbons (Fsp3) is 0.400. The summed E-state index contributed by atoms with van der Waals surface area (Å²) in [6.45, 7) is 0.440. The van der Waals surface area contributed by atoms with Crippen LogP contribution in [-0.2, 0) is 13.6 Å². The Kier molecular flexibility index (Phi) is 2.72. The Bertz CT molecular complexity index is 298. The molecule has 0 saturated heterocycles. The van der Waals surface area contributed by atoms with E-state index in [1.807, 2.05) is 13.2 Å². The first-order valence-corrected chi connectivity index (χ1v) is 4.03. The van der Waals surface area contributed by atoms with Crippen molar-refractivity contribution in [3.8, 4) is 0 Å². The van der Waals surface area contributed by atoms with Crippen LogP contribution in [0.25, 0.3) is 0 Å². The van der Waals surface area contributed by atoms with Crippen LogP contribution in [0.5, 0.6) is 0 Å². The first-order valence-electron chi connectivity index (χ1n) is 2.95. The fourth-order valence-electron chi connectivity index (χ4n) is 0.728. The van der Waals surface area contributed by atoms with Gasteiger partial charge in [0.15, 0.2) is 6.54 Å². The Morgan fingerprint density at radius 3 is 3.09 bits per heavy atom.